The van der Waals surface area contributed by atoms with Crippen LogP contribution in [0.4, 0.5) is 0 Å². The Hall–Kier alpha value is -2.10. The Bertz CT molecular complexity index is 517. The van der Waals surface area contributed by atoms with Crippen molar-refractivity contribution < 1.29 is 9.90 Å². The highest BCUT2D eigenvalue weighted by Crippen LogP contribution is 2.14. The van der Waals surface area contributed by atoms with Crippen LogP contribution in [0.1, 0.15) is 22.8 Å². The Kier molecular flexibility index (Phi) is 2.72. The lowest BCUT2D eigenvalue weighted by Gasteiger charge is -2.06. The highest BCUT2D eigenvalue weighted by atomic mass is 16.4. The van der Waals surface area contributed by atoms with Gasteiger partial charge in [0, 0.05) is 6.20 Å². The van der Waals surface area contributed by atoms with Crippen LogP contribution in [0.25, 0.3) is 5.69 Å². The molecule has 0 radical (unpaired) electrons. The molecule has 1 aromatic carbocycles. The summed E-state index contributed by atoms with van der Waals surface area (Å²) < 4.78 is 1.60. The van der Waals surface area contributed by atoms with Crippen molar-refractivity contribution in [3.05, 3.63) is 47.8 Å². The van der Waals surface area contributed by atoms with Gasteiger partial charge in [0.1, 0.15) is 0 Å². The number of para-hydroxylation sites is 1. The summed E-state index contributed by atoms with van der Waals surface area (Å²) in [7, 11) is 0. The van der Waals surface area contributed by atoms with E-state index in [1.807, 2.05) is 24.3 Å². The maximum absolute atomic E-state index is 10.7. The number of aromatic carboxylic acids is 1. The van der Waals surface area contributed by atoms with Gasteiger partial charge < -0.3 is 5.11 Å². The van der Waals surface area contributed by atoms with Crippen LogP contribution in [0.5, 0.6) is 0 Å². The highest BCUT2D eigenvalue weighted by molar-refractivity contribution is 5.87. The first kappa shape index (κ1) is 10.4. The van der Waals surface area contributed by atoms with E-state index in [2.05, 4.69) is 12.0 Å². The van der Waals surface area contributed by atoms with Gasteiger partial charge in [-0.1, -0.05) is 25.1 Å². The van der Waals surface area contributed by atoms with Crippen LogP contribution < -0.4 is 0 Å². The average molecular weight is 216 g/mol. The smallest absolute Gasteiger partial charge is 0.338 e. The predicted octanol–water partition coefficient (Wildman–Crippen LogP) is 2.13. The molecule has 0 unspecified atom stereocenters. The number of rotatable bonds is 3. The topological polar surface area (TPSA) is 55.1 Å². The van der Waals surface area contributed by atoms with E-state index in [9.17, 15) is 4.79 Å². The van der Waals surface area contributed by atoms with Crippen molar-refractivity contribution >= 4 is 5.97 Å². The van der Waals surface area contributed by atoms with Gasteiger partial charge in [0.25, 0.3) is 0 Å². The maximum atomic E-state index is 10.7. The van der Waals surface area contributed by atoms with Gasteiger partial charge in [0.15, 0.2) is 0 Å². The van der Waals surface area contributed by atoms with Crippen molar-refractivity contribution in [1.29, 1.82) is 0 Å². The number of hydrogen-bond donors (Lipinski definition) is 1. The molecule has 2 aromatic rings. The average Bonchev–Trinajstić information content (AvgIpc) is 2.78. The van der Waals surface area contributed by atoms with Gasteiger partial charge in [-0.05, 0) is 18.1 Å². The molecular weight excluding hydrogens is 204 g/mol. The zero-order chi connectivity index (χ0) is 11.5. The number of carbonyl (C=O) groups is 1. The zero-order valence-electron chi connectivity index (χ0n) is 8.92. The van der Waals surface area contributed by atoms with E-state index < -0.39 is 5.97 Å². The Morgan fingerprint density at radius 2 is 2.19 bits per heavy atom. The number of aryl methyl sites for hydroxylation is 1. The molecule has 0 bridgehead atoms. The highest BCUT2D eigenvalue weighted by Gasteiger charge is 2.08. The molecule has 0 saturated heterocycles. The molecule has 1 N–H and O–H groups in total. The van der Waals surface area contributed by atoms with Gasteiger partial charge in [-0.15, -0.1) is 0 Å². The summed E-state index contributed by atoms with van der Waals surface area (Å²) >= 11 is 0. The quantitative estimate of drug-likeness (QED) is 0.855. The molecule has 0 atom stereocenters. The normalized spacial score (nSPS) is 10.3. The molecule has 0 spiro atoms. The Labute approximate surface area is 93.1 Å². The summed E-state index contributed by atoms with van der Waals surface area (Å²) in [6, 6.07) is 7.81. The number of carboxylic acids is 1. The van der Waals surface area contributed by atoms with Crippen LogP contribution in [-0.4, -0.2) is 20.9 Å². The lowest BCUT2D eigenvalue weighted by molar-refractivity contribution is 0.0697. The predicted molar refractivity (Wildman–Crippen MR) is 59.9 cm³/mol. The second-order valence-electron chi connectivity index (χ2n) is 3.46. The fourth-order valence-corrected chi connectivity index (χ4v) is 1.60. The molecule has 0 aliphatic carbocycles. The Morgan fingerprint density at radius 1 is 1.44 bits per heavy atom. The number of benzene rings is 1. The standard InChI is InChI=1S/C12H12N2O2/c1-2-9-5-3-4-6-11(9)14-8-10(7-13-14)12(15)16/h3-8H,2H2,1H3,(H,15,16). The fourth-order valence-electron chi connectivity index (χ4n) is 1.60. The summed E-state index contributed by atoms with van der Waals surface area (Å²) in [6.07, 6.45) is 3.77. The molecule has 4 heteroatoms. The largest absolute Gasteiger partial charge is 0.478 e. The van der Waals surface area contributed by atoms with Crippen LogP contribution in [-0.2, 0) is 6.42 Å². The van der Waals surface area contributed by atoms with Crippen LogP contribution in [0.15, 0.2) is 36.7 Å². The summed E-state index contributed by atoms with van der Waals surface area (Å²) in [4.78, 5) is 10.7. The van der Waals surface area contributed by atoms with Gasteiger partial charge in [0.05, 0.1) is 17.4 Å². The van der Waals surface area contributed by atoms with E-state index in [1.165, 1.54) is 12.4 Å². The minimum Gasteiger partial charge on any atom is -0.478 e. The first-order valence-corrected chi connectivity index (χ1v) is 5.08. The monoisotopic (exact) mass is 216 g/mol. The lowest BCUT2D eigenvalue weighted by atomic mass is 10.1. The van der Waals surface area contributed by atoms with Crippen molar-refractivity contribution in [2.24, 2.45) is 0 Å². The van der Waals surface area contributed by atoms with Crippen LogP contribution in [0, 0.1) is 0 Å². The number of carboxylic acid groups (broad SMARTS) is 1. The molecule has 0 aliphatic heterocycles. The second kappa shape index (κ2) is 4.18. The van der Waals surface area contributed by atoms with E-state index in [4.69, 9.17) is 5.11 Å². The molecule has 1 aromatic heterocycles. The van der Waals surface area contributed by atoms with Crippen molar-refractivity contribution in [1.82, 2.24) is 9.78 Å². The third kappa shape index (κ3) is 1.82. The lowest BCUT2D eigenvalue weighted by Crippen LogP contribution is -1.99. The van der Waals surface area contributed by atoms with Gasteiger partial charge >= 0.3 is 5.97 Å². The first-order chi connectivity index (χ1) is 7.72. The molecule has 16 heavy (non-hydrogen) atoms. The van der Waals surface area contributed by atoms with Crippen LogP contribution in [0.3, 0.4) is 0 Å². The molecule has 0 aliphatic rings. The minimum atomic E-state index is -0.958. The molecule has 4 nitrogen and oxygen atoms in total. The Balaban J connectivity index is 2.46. The number of nitrogens with zero attached hydrogens (tertiary/aromatic N) is 2. The zero-order valence-corrected chi connectivity index (χ0v) is 8.92. The second-order valence-corrected chi connectivity index (χ2v) is 3.46. The van der Waals surface area contributed by atoms with Gasteiger partial charge in [-0.3, -0.25) is 0 Å². The molecule has 0 amide bonds. The minimum absolute atomic E-state index is 0.200. The summed E-state index contributed by atoms with van der Waals surface area (Å²) in [5.41, 5.74) is 2.27. The summed E-state index contributed by atoms with van der Waals surface area (Å²) in [6.45, 7) is 2.06. The van der Waals surface area contributed by atoms with Crippen molar-refractivity contribution in [2.75, 3.05) is 0 Å². The number of aromatic nitrogens is 2. The van der Waals surface area contributed by atoms with E-state index in [1.54, 1.807) is 4.68 Å². The summed E-state index contributed by atoms with van der Waals surface area (Å²) in [5, 5.41) is 12.9. The molecule has 0 fully saturated rings. The molecule has 2 rings (SSSR count). The van der Waals surface area contributed by atoms with Gasteiger partial charge in [-0.2, -0.15) is 5.10 Å². The molecule has 1 heterocycles. The van der Waals surface area contributed by atoms with Crippen molar-refractivity contribution in [2.45, 2.75) is 13.3 Å². The van der Waals surface area contributed by atoms with E-state index in [-0.39, 0.29) is 5.56 Å². The Morgan fingerprint density at radius 3 is 2.81 bits per heavy atom. The molecule has 82 valence electrons. The van der Waals surface area contributed by atoms with E-state index in [0.717, 1.165) is 17.7 Å². The SMILES string of the molecule is CCc1ccccc1-n1cc(C(=O)O)cn1. The third-order valence-electron chi connectivity index (χ3n) is 2.45. The van der Waals surface area contributed by atoms with E-state index in [0.29, 0.717) is 0 Å². The number of hydrogen-bond acceptors (Lipinski definition) is 2. The fraction of sp³-hybridized carbons (Fsp3) is 0.167. The van der Waals surface area contributed by atoms with Crippen LogP contribution >= 0.6 is 0 Å². The van der Waals surface area contributed by atoms with Gasteiger partial charge in [-0.25, -0.2) is 9.48 Å². The van der Waals surface area contributed by atoms with Crippen molar-refractivity contribution in [3.63, 3.8) is 0 Å². The van der Waals surface area contributed by atoms with E-state index >= 15 is 0 Å². The molecule has 0 saturated carbocycles. The molecular formula is C12H12N2O2. The van der Waals surface area contributed by atoms with Crippen molar-refractivity contribution in [3.8, 4) is 5.69 Å². The van der Waals surface area contributed by atoms with Gasteiger partial charge in [0.2, 0.25) is 0 Å². The summed E-state index contributed by atoms with van der Waals surface area (Å²) in [5.74, 6) is -0.958. The van der Waals surface area contributed by atoms with Crippen LogP contribution in [0.2, 0.25) is 0 Å². The third-order valence-corrected chi connectivity index (χ3v) is 2.45. The first-order valence-electron chi connectivity index (χ1n) is 5.08. The maximum Gasteiger partial charge on any atom is 0.338 e.